The third-order valence-corrected chi connectivity index (χ3v) is 7.00. The lowest BCUT2D eigenvalue weighted by Crippen LogP contribution is -2.34. The van der Waals surface area contributed by atoms with E-state index in [2.05, 4.69) is 10.2 Å². The fourth-order valence-corrected chi connectivity index (χ4v) is 4.94. The van der Waals surface area contributed by atoms with Gasteiger partial charge in [0.25, 0.3) is 5.91 Å². The Bertz CT molecular complexity index is 890. The van der Waals surface area contributed by atoms with Crippen LogP contribution in [0.2, 0.25) is 0 Å². The summed E-state index contributed by atoms with van der Waals surface area (Å²) in [6.45, 7) is 1.59. The Labute approximate surface area is 167 Å². The molecule has 1 heterocycles. The van der Waals surface area contributed by atoms with Crippen LogP contribution in [-0.4, -0.2) is 57.3 Å². The van der Waals surface area contributed by atoms with Crippen molar-refractivity contribution in [3.8, 4) is 0 Å². The molecule has 0 spiro atoms. The van der Waals surface area contributed by atoms with Crippen molar-refractivity contribution >= 4 is 15.9 Å². The molecule has 1 fully saturated rings. The number of amides is 1. The Morgan fingerprint density at radius 2 is 1.64 bits per heavy atom. The summed E-state index contributed by atoms with van der Waals surface area (Å²) in [6, 6.07) is 16.2. The van der Waals surface area contributed by atoms with E-state index in [9.17, 15) is 13.2 Å². The van der Waals surface area contributed by atoms with E-state index in [-0.39, 0.29) is 16.8 Å². The predicted octanol–water partition coefficient (Wildman–Crippen LogP) is 2.50. The first kappa shape index (κ1) is 20.5. The topological polar surface area (TPSA) is 69.7 Å². The third-order valence-electron chi connectivity index (χ3n) is 5.08. The van der Waals surface area contributed by atoms with Crippen molar-refractivity contribution in [3.05, 3.63) is 65.7 Å². The summed E-state index contributed by atoms with van der Waals surface area (Å²) in [5.41, 5.74) is 1.57. The molecule has 0 saturated carbocycles. The van der Waals surface area contributed by atoms with Crippen LogP contribution in [0.3, 0.4) is 0 Å². The number of benzene rings is 2. The van der Waals surface area contributed by atoms with Gasteiger partial charge in [-0.3, -0.25) is 4.79 Å². The summed E-state index contributed by atoms with van der Waals surface area (Å²) in [5.74, 6) is -0.215. The van der Waals surface area contributed by atoms with Crippen molar-refractivity contribution in [3.63, 3.8) is 0 Å². The zero-order chi connectivity index (χ0) is 20.1. The van der Waals surface area contributed by atoms with Crippen LogP contribution in [0, 0.1) is 0 Å². The van der Waals surface area contributed by atoms with Crippen LogP contribution in [0.5, 0.6) is 0 Å². The molecule has 1 atom stereocenters. The average Bonchev–Trinajstić information content (AvgIpc) is 3.24. The molecule has 0 aliphatic carbocycles. The van der Waals surface area contributed by atoms with E-state index in [0.717, 1.165) is 18.4 Å². The second-order valence-electron chi connectivity index (χ2n) is 7.24. The van der Waals surface area contributed by atoms with E-state index in [1.165, 1.54) is 16.4 Å². The highest BCUT2D eigenvalue weighted by atomic mass is 32.2. The van der Waals surface area contributed by atoms with Gasteiger partial charge in [0.2, 0.25) is 10.0 Å². The number of carbonyl (C=O) groups is 1. The van der Waals surface area contributed by atoms with Crippen molar-refractivity contribution in [2.24, 2.45) is 0 Å². The first-order valence-corrected chi connectivity index (χ1v) is 10.9. The second kappa shape index (κ2) is 8.86. The number of nitrogens with zero attached hydrogens (tertiary/aromatic N) is 2. The fourth-order valence-electron chi connectivity index (χ4n) is 3.42. The molecule has 0 bridgehead atoms. The number of sulfonamides is 1. The number of hydrogen-bond donors (Lipinski definition) is 1. The number of rotatable bonds is 7. The molecule has 1 N–H and O–H groups in total. The first-order chi connectivity index (χ1) is 13.4. The van der Waals surface area contributed by atoms with Gasteiger partial charge in [0.05, 0.1) is 10.9 Å². The molecule has 1 amide bonds. The molecule has 28 heavy (non-hydrogen) atoms. The normalized spacial score (nSPS) is 16.2. The maximum Gasteiger partial charge on any atom is 0.251 e. The summed E-state index contributed by atoms with van der Waals surface area (Å²) >= 11 is 0. The molecule has 1 saturated heterocycles. The van der Waals surface area contributed by atoms with Gasteiger partial charge in [-0.05, 0) is 56.8 Å². The van der Waals surface area contributed by atoms with Gasteiger partial charge in [-0.2, -0.15) is 4.31 Å². The van der Waals surface area contributed by atoms with Crippen LogP contribution >= 0.6 is 0 Å². The van der Waals surface area contributed by atoms with Gasteiger partial charge >= 0.3 is 0 Å². The van der Waals surface area contributed by atoms with Crippen LogP contribution in [0.25, 0.3) is 0 Å². The number of hydrogen-bond acceptors (Lipinski definition) is 4. The third kappa shape index (κ3) is 4.60. The van der Waals surface area contributed by atoms with Crippen LogP contribution in [0.15, 0.2) is 59.5 Å². The number of carbonyl (C=O) groups excluding carboxylic acids is 1. The Balaban J connectivity index is 1.66. The Morgan fingerprint density at radius 1 is 1.04 bits per heavy atom. The van der Waals surface area contributed by atoms with Gasteiger partial charge in [0, 0.05) is 25.2 Å². The van der Waals surface area contributed by atoms with Crippen LogP contribution in [0.1, 0.15) is 34.8 Å². The minimum Gasteiger partial charge on any atom is -0.350 e. The standard InChI is InChI=1S/C21H27N3O3S/c1-23(2)20(17-8-4-3-5-9-17)16-22-21(25)18-10-12-19(13-11-18)28(26,27)24-14-6-7-15-24/h3-5,8-13,20H,6-7,14-16H2,1-2H3,(H,22,25). The van der Waals surface area contributed by atoms with Crippen LogP contribution < -0.4 is 5.32 Å². The fraction of sp³-hybridized carbons (Fsp3) is 0.381. The van der Waals surface area contributed by atoms with Crippen molar-refractivity contribution in [1.82, 2.24) is 14.5 Å². The van der Waals surface area contributed by atoms with Gasteiger partial charge in [-0.15, -0.1) is 0 Å². The summed E-state index contributed by atoms with van der Waals surface area (Å²) < 4.78 is 26.7. The van der Waals surface area contributed by atoms with Crippen molar-refractivity contribution in [2.45, 2.75) is 23.8 Å². The quantitative estimate of drug-likeness (QED) is 0.774. The SMILES string of the molecule is CN(C)C(CNC(=O)c1ccc(S(=O)(=O)N2CCCC2)cc1)c1ccccc1. The van der Waals surface area contributed by atoms with Crippen molar-refractivity contribution < 1.29 is 13.2 Å². The second-order valence-corrected chi connectivity index (χ2v) is 9.17. The van der Waals surface area contributed by atoms with Crippen LogP contribution in [-0.2, 0) is 10.0 Å². The lowest BCUT2D eigenvalue weighted by atomic mass is 10.1. The first-order valence-electron chi connectivity index (χ1n) is 9.49. The smallest absolute Gasteiger partial charge is 0.251 e. The largest absolute Gasteiger partial charge is 0.350 e. The average molecular weight is 402 g/mol. The molecule has 1 unspecified atom stereocenters. The van der Waals surface area contributed by atoms with E-state index in [0.29, 0.717) is 25.2 Å². The molecule has 7 heteroatoms. The minimum absolute atomic E-state index is 0.0555. The summed E-state index contributed by atoms with van der Waals surface area (Å²) in [5, 5.41) is 2.95. The molecule has 2 aromatic rings. The molecule has 2 aromatic carbocycles. The van der Waals surface area contributed by atoms with E-state index >= 15 is 0 Å². The molecule has 150 valence electrons. The van der Waals surface area contributed by atoms with E-state index in [1.54, 1.807) is 12.1 Å². The Hall–Kier alpha value is -2.22. The van der Waals surface area contributed by atoms with Gasteiger partial charge in [0.1, 0.15) is 0 Å². The molecular weight excluding hydrogens is 374 g/mol. The zero-order valence-corrected chi connectivity index (χ0v) is 17.2. The summed E-state index contributed by atoms with van der Waals surface area (Å²) in [6.07, 6.45) is 1.79. The molecule has 0 aromatic heterocycles. The Morgan fingerprint density at radius 3 is 2.21 bits per heavy atom. The van der Waals surface area contributed by atoms with Gasteiger partial charge in [-0.25, -0.2) is 8.42 Å². The van der Waals surface area contributed by atoms with E-state index < -0.39 is 10.0 Å². The van der Waals surface area contributed by atoms with Gasteiger partial charge in [-0.1, -0.05) is 30.3 Å². The lowest BCUT2D eigenvalue weighted by molar-refractivity contribution is 0.0942. The van der Waals surface area contributed by atoms with Crippen molar-refractivity contribution in [2.75, 3.05) is 33.7 Å². The Kier molecular flexibility index (Phi) is 6.49. The number of nitrogens with one attached hydrogen (secondary N) is 1. The maximum atomic E-state index is 12.6. The van der Waals surface area contributed by atoms with Gasteiger partial charge in [0.15, 0.2) is 0 Å². The van der Waals surface area contributed by atoms with E-state index in [4.69, 9.17) is 0 Å². The maximum absolute atomic E-state index is 12.6. The van der Waals surface area contributed by atoms with Crippen LogP contribution in [0.4, 0.5) is 0 Å². The number of likely N-dealkylation sites (N-methyl/N-ethyl adjacent to an activating group) is 1. The molecular formula is C21H27N3O3S. The highest BCUT2D eigenvalue weighted by molar-refractivity contribution is 7.89. The zero-order valence-electron chi connectivity index (χ0n) is 16.3. The van der Waals surface area contributed by atoms with E-state index in [1.807, 2.05) is 44.4 Å². The highest BCUT2D eigenvalue weighted by Gasteiger charge is 2.27. The predicted molar refractivity (Wildman–Crippen MR) is 110 cm³/mol. The van der Waals surface area contributed by atoms with Gasteiger partial charge < -0.3 is 10.2 Å². The lowest BCUT2D eigenvalue weighted by Gasteiger charge is -2.25. The highest BCUT2D eigenvalue weighted by Crippen LogP contribution is 2.21. The molecule has 3 rings (SSSR count). The molecule has 0 radical (unpaired) electrons. The van der Waals surface area contributed by atoms with Crippen molar-refractivity contribution in [1.29, 1.82) is 0 Å². The molecule has 1 aliphatic rings. The molecule has 6 nitrogen and oxygen atoms in total. The molecule has 1 aliphatic heterocycles. The minimum atomic E-state index is -3.46. The summed E-state index contributed by atoms with van der Waals surface area (Å²) in [7, 11) is 0.489. The summed E-state index contributed by atoms with van der Waals surface area (Å²) in [4.78, 5) is 14.8. The monoisotopic (exact) mass is 401 g/mol.